The monoisotopic (exact) mass is 373 g/mol. The minimum absolute atomic E-state index is 0.128. The van der Waals surface area contributed by atoms with Crippen LogP contribution in [0.4, 0.5) is 0 Å². The van der Waals surface area contributed by atoms with Crippen molar-refractivity contribution >= 4 is 11.9 Å². The van der Waals surface area contributed by atoms with Crippen molar-refractivity contribution in [2.75, 3.05) is 33.7 Å². The molecule has 4 N–H and O–H groups in total. The molecule has 0 saturated carbocycles. The Hall–Kier alpha value is -1.14. The largest absolute Gasteiger partial charge is 0.481 e. The molecule has 0 aromatic carbocycles. The average Bonchev–Trinajstić information content (AvgIpc) is 2.55. The molecule has 0 saturated heterocycles. The van der Waals surface area contributed by atoms with Crippen LogP contribution in [0, 0.1) is 5.92 Å². The van der Waals surface area contributed by atoms with Crippen molar-refractivity contribution in [2.45, 2.75) is 78.1 Å². The fourth-order valence-electron chi connectivity index (χ4n) is 2.32. The summed E-state index contributed by atoms with van der Waals surface area (Å²) in [4.78, 5) is 23.9. The highest BCUT2D eigenvalue weighted by atomic mass is 16.4. The van der Waals surface area contributed by atoms with Gasteiger partial charge in [-0.3, -0.25) is 9.59 Å². The normalized spacial score (nSPS) is 10.6. The van der Waals surface area contributed by atoms with Crippen LogP contribution in [0.25, 0.3) is 0 Å². The van der Waals surface area contributed by atoms with Gasteiger partial charge in [-0.1, -0.05) is 39.5 Å². The van der Waals surface area contributed by atoms with Gasteiger partial charge in [0, 0.05) is 19.4 Å². The smallest absolute Gasteiger partial charge is 0.303 e. The minimum atomic E-state index is -0.745. The zero-order valence-electron chi connectivity index (χ0n) is 17.6. The average molecular weight is 374 g/mol. The first kappa shape index (κ1) is 27.1. The van der Waals surface area contributed by atoms with Gasteiger partial charge in [-0.15, -0.1) is 0 Å². The SMILES string of the molecule is CC(C)CCCCCC(=O)NCCCCCC(=O)O.CN(C)CCCN. The van der Waals surface area contributed by atoms with Crippen molar-refractivity contribution in [3.05, 3.63) is 0 Å². The van der Waals surface area contributed by atoms with Gasteiger partial charge < -0.3 is 21.1 Å². The molecule has 0 fully saturated rings. The molecule has 0 atom stereocenters. The van der Waals surface area contributed by atoms with Crippen LogP contribution in [0.5, 0.6) is 0 Å². The number of unbranched alkanes of at least 4 members (excludes halogenated alkanes) is 4. The Morgan fingerprint density at radius 2 is 1.58 bits per heavy atom. The zero-order valence-corrected chi connectivity index (χ0v) is 17.6. The molecule has 0 aliphatic rings. The van der Waals surface area contributed by atoms with Crippen LogP contribution in [0.1, 0.15) is 78.1 Å². The first-order valence-electron chi connectivity index (χ1n) is 10.1. The van der Waals surface area contributed by atoms with Crippen molar-refractivity contribution in [1.29, 1.82) is 0 Å². The number of carbonyl (C=O) groups is 2. The Kier molecular flexibility index (Phi) is 21.0. The standard InChI is InChI=1S/C15H29NO3.C5H14N2/c1-13(2)9-5-3-6-10-14(17)16-12-8-4-7-11-15(18)19;1-7(2)5-3-4-6/h13H,3-12H2,1-2H3,(H,16,17)(H,18,19);3-6H2,1-2H3. The van der Waals surface area contributed by atoms with E-state index in [0.717, 1.165) is 51.1 Å². The second-order valence-electron chi connectivity index (χ2n) is 7.49. The number of hydrogen-bond donors (Lipinski definition) is 3. The van der Waals surface area contributed by atoms with E-state index in [2.05, 4.69) is 38.2 Å². The van der Waals surface area contributed by atoms with Crippen LogP contribution in [0.15, 0.2) is 0 Å². The van der Waals surface area contributed by atoms with Crippen molar-refractivity contribution in [1.82, 2.24) is 10.2 Å². The number of rotatable bonds is 15. The Bertz CT molecular complexity index is 334. The third-order valence-electron chi connectivity index (χ3n) is 3.88. The molecular weight excluding hydrogens is 330 g/mol. The molecule has 0 aromatic rings. The Morgan fingerprint density at radius 3 is 2.08 bits per heavy atom. The molecule has 0 aromatic heterocycles. The first-order chi connectivity index (χ1) is 12.3. The molecule has 26 heavy (non-hydrogen) atoms. The van der Waals surface area contributed by atoms with Gasteiger partial charge in [0.25, 0.3) is 0 Å². The molecule has 1 amide bonds. The highest BCUT2D eigenvalue weighted by Gasteiger charge is 2.01. The van der Waals surface area contributed by atoms with Crippen LogP contribution in [-0.2, 0) is 9.59 Å². The summed E-state index contributed by atoms with van der Waals surface area (Å²) in [5, 5.41) is 11.3. The summed E-state index contributed by atoms with van der Waals surface area (Å²) in [6.45, 7) is 7.02. The molecule has 0 unspecified atom stereocenters. The second kappa shape index (κ2) is 20.2. The van der Waals surface area contributed by atoms with Crippen molar-refractivity contribution in [3.63, 3.8) is 0 Å². The van der Waals surface area contributed by atoms with E-state index in [4.69, 9.17) is 10.8 Å². The highest BCUT2D eigenvalue weighted by Crippen LogP contribution is 2.09. The maximum absolute atomic E-state index is 11.5. The molecule has 0 spiro atoms. The quantitative estimate of drug-likeness (QED) is 0.383. The Balaban J connectivity index is 0. The third kappa shape index (κ3) is 27.7. The zero-order chi connectivity index (χ0) is 20.2. The van der Waals surface area contributed by atoms with E-state index >= 15 is 0 Å². The number of nitrogens with two attached hydrogens (primary N) is 1. The van der Waals surface area contributed by atoms with E-state index < -0.39 is 5.97 Å². The minimum Gasteiger partial charge on any atom is -0.481 e. The van der Waals surface area contributed by atoms with Gasteiger partial charge in [-0.2, -0.15) is 0 Å². The maximum Gasteiger partial charge on any atom is 0.303 e. The summed E-state index contributed by atoms with van der Waals surface area (Å²) in [6, 6.07) is 0. The first-order valence-corrected chi connectivity index (χ1v) is 10.1. The number of aliphatic carboxylic acids is 1. The predicted molar refractivity (Wildman–Crippen MR) is 109 cm³/mol. The van der Waals surface area contributed by atoms with E-state index in [1.165, 1.54) is 12.8 Å². The van der Waals surface area contributed by atoms with Gasteiger partial charge in [0.1, 0.15) is 0 Å². The molecule has 156 valence electrons. The summed E-state index contributed by atoms with van der Waals surface area (Å²) < 4.78 is 0. The van der Waals surface area contributed by atoms with E-state index in [1.54, 1.807) is 0 Å². The van der Waals surface area contributed by atoms with E-state index in [9.17, 15) is 9.59 Å². The fourth-order valence-corrected chi connectivity index (χ4v) is 2.32. The van der Waals surface area contributed by atoms with Crippen molar-refractivity contribution in [3.8, 4) is 0 Å². The van der Waals surface area contributed by atoms with E-state index in [-0.39, 0.29) is 12.3 Å². The summed E-state index contributed by atoms with van der Waals surface area (Å²) >= 11 is 0. The van der Waals surface area contributed by atoms with Crippen LogP contribution < -0.4 is 11.1 Å². The lowest BCUT2D eigenvalue weighted by Crippen LogP contribution is -2.24. The number of carboxylic acid groups (broad SMARTS) is 1. The van der Waals surface area contributed by atoms with E-state index in [0.29, 0.717) is 19.4 Å². The van der Waals surface area contributed by atoms with Crippen LogP contribution in [0.2, 0.25) is 0 Å². The van der Waals surface area contributed by atoms with Gasteiger partial charge in [0.15, 0.2) is 0 Å². The number of nitrogens with zero attached hydrogens (tertiary/aromatic N) is 1. The second-order valence-corrected chi connectivity index (χ2v) is 7.49. The fraction of sp³-hybridized carbons (Fsp3) is 0.900. The van der Waals surface area contributed by atoms with Crippen LogP contribution >= 0.6 is 0 Å². The van der Waals surface area contributed by atoms with Gasteiger partial charge >= 0.3 is 5.97 Å². The number of carbonyl (C=O) groups excluding carboxylic acids is 1. The molecule has 0 rings (SSSR count). The third-order valence-corrected chi connectivity index (χ3v) is 3.88. The van der Waals surface area contributed by atoms with Gasteiger partial charge in [0.2, 0.25) is 5.91 Å². The summed E-state index contributed by atoms with van der Waals surface area (Å²) in [5.74, 6) is 0.132. The van der Waals surface area contributed by atoms with Gasteiger partial charge in [-0.05, 0) is 58.8 Å². The van der Waals surface area contributed by atoms with Crippen molar-refractivity contribution < 1.29 is 14.7 Å². The molecular formula is C20H43N3O3. The number of amides is 1. The molecule has 0 bridgehead atoms. The lowest BCUT2D eigenvalue weighted by atomic mass is 10.0. The maximum atomic E-state index is 11.5. The van der Waals surface area contributed by atoms with E-state index in [1.807, 2.05) is 0 Å². The number of nitrogens with one attached hydrogen (secondary N) is 1. The van der Waals surface area contributed by atoms with Gasteiger partial charge in [0.05, 0.1) is 0 Å². The lowest BCUT2D eigenvalue weighted by molar-refractivity contribution is -0.137. The molecule has 0 aliphatic heterocycles. The topological polar surface area (TPSA) is 95.7 Å². The molecule has 0 heterocycles. The Labute approximate surface area is 160 Å². The predicted octanol–water partition coefficient (Wildman–Crippen LogP) is 3.25. The van der Waals surface area contributed by atoms with Crippen LogP contribution in [-0.4, -0.2) is 55.6 Å². The summed E-state index contributed by atoms with van der Waals surface area (Å²) in [5.41, 5.74) is 5.25. The lowest BCUT2D eigenvalue weighted by Gasteiger charge is -2.06. The summed E-state index contributed by atoms with van der Waals surface area (Å²) in [7, 11) is 4.10. The number of carboxylic acids is 1. The number of hydrogen-bond acceptors (Lipinski definition) is 4. The molecule has 6 nitrogen and oxygen atoms in total. The molecule has 6 heteroatoms. The summed E-state index contributed by atoms with van der Waals surface area (Å²) in [6.07, 6.45) is 8.92. The molecule has 0 aliphatic carbocycles. The van der Waals surface area contributed by atoms with Crippen molar-refractivity contribution in [2.24, 2.45) is 11.7 Å². The van der Waals surface area contributed by atoms with Gasteiger partial charge in [-0.25, -0.2) is 0 Å². The van der Waals surface area contributed by atoms with Crippen LogP contribution in [0.3, 0.4) is 0 Å². The Morgan fingerprint density at radius 1 is 0.962 bits per heavy atom. The highest BCUT2D eigenvalue weighted by molar-refractivity contribution is 5.75. The molecule has 0 radical (unpaired) electrons.